The highest BCUT2D eigenvalue weighted by Gasteiger charge is 2.47. The molecule has 328 valence electrons. The highest BCUT2D eigenvalue weighted by atomic mass is 19.3. The van der Waals surface area contributed by atoms with Crippen LogP contribution in [0, 0.1) is 5.92 Å². The molecular weight excluding hydrogens is 811 g/mol. The lowest BCUT2D eigenvalue weighted by atomic mass is 9.90. The van der Waals surface area contributed by atoms with E-state index in [2.05, 4.69) is 36.1 Å². The number of piperidine rings is 2. The van der Waals surface area contributed by atoms with Crippen molar-refractivity contribution in [3.05, 3.63) is 89.7 Å². The number of anilines is 3. The van der Waals surface area contributed by atoms with Gasteiger partial charge < -0.3 is 34.8 Å². The van der Waals surface area contributed by atoms with Gasteiger partial charge in [-0.15, -0.1) is 10.2 Å². The quantitative estimate of drug-likeness (QED) is 0.156. The summed E-state index contributed by atoms with van der Waals surface area (Å²) in [5, 5.41) is 22.1. The predicted octanol–water partition coefficient (Wildman–Crippen LogP) is 6.12. The molecular formula is C46H50F2N10O5. The maximum absolute atomic E-state index is 15.9. The summed E-state index contributed by atoms with van der Waals surface area (Å²) in [5.74, 6) is -3.79. The van der Waals surface area contributed by atoms with Gasteiger partial charge in [0.1, 0.15) is 17.5 Å². The second kappa shape index (κ2) is 16.5. The molecule has 1 saturated carbocycles. The Hall–Kier alpha value is -6.20. The maximum atomic E-state index is 15.9. The van der Waals surface area contributed by atoms with Crippen LogP contribution in [0.25, 0.3) is 22.3 Å². The lowest BCUT2D eigenvalue weighted by molar-refractivity contribution is -0.120. The van der Waals surface area contributed by atoms with E-state index in [0.717, 1.165) is 42.3 Å². The zero-order valence-electron chi connectivity index (χ0n) is 34.8. The minimum absolute atomic E-state index is 0.0891. The van der Waals surface area contributed by atoms with E-state index in [9.17, 15) is 19.5 Å². The number of nitrogens with two attached hydrogens (primary N) is 1. The molecule has 5 aromatic rings. The van der Waals surface area contributed by atoms with Crippen molar-refractivity contribution in [2.45, 2.75) is 62.5 Å². The predicted molar refractivity (Wildman–Crippen MR) is 232 cm³/mol. The maximum Gasteiger partial charge on any atom is 0.328 e. The molecule has 2 aromatic carbocycles. The number of carbonyl (C=O) groups excluding carboxylic acids is 3. The molecule has 5 aliphatic rings. The molecule has 10 rings (SSSR count). The number of urea groups is 1. The molecule has 5 fully saturated rings. The summed E-state index contributed by atoms with van der Waals surface area (Å²) in [6.07, 6.45) is 7.83. The molecule has 1 aliphatic carbocycles. The first-order chi connectivity index (χ1) is 30.5. The van der Waals surface area contributed by atoms with Gasteiger partial charge in [0.05, 0.1) is 36.4 Å². The Morgan fingerprint density at radius 2 is 1.75 bits per heavy atom. The lowest BCUT2D eigenvalue weighted by Gasteiger charge is -2.42. The van der Waals surface area contributed by atoms with Crippen LogP contribution in [0.5, 0.6) is 5.75 Å². The van der Waals surface area contributed by atoms with E-state index >= 15 is 8.78 Å². The average Bonchev–Trinajstić information content (AvgIpc) is 4.07. The molecule has 63 heavy (non-hydrogen) atoms. The van der Waals surface area contributed by atoms with Crippen LogP contribution in [-0.2, 0) is 9.53 Å². The number of carbonyl (C=O) groups is 3. The summed E-state index contributed by atoms with van der Waals surface area (Å²) in [4.78, 5) is 49.8. The smallest absolute Gasteiger partial charge is 0.328 e. The molecule has 4 aliphatic heterocycles. The number of imide groups is 1. The highest BCUT2D eigenvalue weighted by molar-refractivity contribution is 6.06. The minimum atomic E-state index is -3.04. The second-order valence-corrected chi connectivity index (χ2v) is 17.5. The SMILES string of the molecule is Nc1nnc(-c2ccccc2O)cc1N1CCO[C@H](c2ccc(C(=O)N3CC[C@H](CN4CCC(n5cc(C6CC6)c6cc(N7CCC(=O)NC7=O)cnc65)CC4)C(F)(F)C3)cc2)C1. The van der Waals surface area contributed by atoms with E-state index < -0.39 is 30.3 Å². The van der Waals surface area contributed by atoms with Gasteiger partial charge in [-0.3, -0.25) is 19.8 Å². The van der Waals surface area contributed by atoms with Crippen LogP contribution in [0.15, 0.2) is 73.1 Å². The van der Waals surface area contributed by atoms with Crippen molar-refractivity contribution in [1.29, 1.82) is 0 Å². The van der Waals surface area contributed by atoms with E-state index in [1.807, 2.05) is 24.3 Å². The molecule has 0 spiro atoms. The van der Waals surface area contributed by atoms with Crippen molar-refractivity contribution in [3.8, 4) is 17.0 Å². The number of hydrogen-bond acceptors (Lipinski definition) is 11. The molecule has 15 nitrogen and oxygen atoms in total. The molecule has 2 atom stereocenters. The number of rotatable bonds is 9. The van der Waals surface area contributed by atoms with E-state index in [4.69, 9.17) is 15.5 Å². The van der Waals surface area contributed by atoms with Crippen molar-refractivity contribution in [2.24, 2.45) is 5.92 Å². The molecule has 17 heteroatoms. The summed E-state index contributed by atoms with van der Waals surface area (Å²) < 4.78 is 40.1. The van der Waals surface area contributed by atoms with E-state index in [1.54, 1.807) is 47.5 Å². The van der Waals surface area contributed by atoms with Gasteiger partial charge in [-0.05, 0) is 85.5 Å². The number of halogens is 2. The number of fused-ring (bicyclic) bond motifs is 1. The van der Waals surface area contributed by atoms with Crippen LogP contribution in [-0.4, -0.2) is 117 Å². The molecule has 4 amide bonds. The zero-order valence-corrected chi connectivity index (χ0v) is 34.8. The number of aromatic hydroxyl groups is 1. The Labute approximate surface area is 362 Å². The number of amides is 4. The average molecular weight is 861 g/mol. The molecule has 4 N–H and O–H groups in total. The number of hydrogen-bond donors (Lipinski definition) is 3. The molecule has 4 saturated heterocycles. The van der Waals surface area contributed by atoms with Gasteiger partial charge in [-0.2, -0.15) is 0 Å². The monoisotopic (exact) mass is 860 g/mol. The highest BCUT2D eigenvalue weighted by Crippen LogP contribution is 2.46. The molecule has 0 bridgehead atoms. The summed E-state index contributed by atoms with van der Waals surface area (Å²) in [5.41, 5.74) is 11.9. The standard InChI is InChI=1S/C46H50F2N10O5/c47-46(48)27-56(44(61)30-9-7-29(8-10-30)40-26-55(19-20-63-40)38-22-37(52-53-42(38)49)34-3-1-2-4-39(34)59)17-11-31(46)24-54-15-12-32(13-16-54)58-25-36(28-5-6-28)35-21-33(23-50-43(35)58)57-18-14-41(60)51-45(57)62/h1-4,7-10,21-23,25,28,31-32,40,59H,5-6,11-20,24,26-27H2,(H2,49,53)(H,51,60,62)/t31-,40+/m1/s1. The van der Waals surface area contributed by atoms with Crippen molar-refractivity contribution in [3.63, 3.8) is 0 Å². The number of para-hydroxylation sites is 1. The number of phenolic OH excluding ortho intramolecular Hbond substituents is 1. The third kappa shape index (κ3) is 8.15. The van der Waals surface area contributed by atoms with Gasteiger partial charge in [0.2, 0.25) is 5.91 Å². The van der Waals surface area contributed by atoms with E-state index in [0.29, 0.717) is 73.4 Å². The van der Waals surface area contributed by atoms with Crippen molar-refractivity contribution < 1.29 is 33.0 Å². The first-order valence-corrected chi connectivity index (χ1v) is 21.9. The number of morpholine rings is 1. The van der Waals surface area contributed by atoms with Gasteiger partial charge in [-0.1, -0.05) is 24.3 Å². The minimum Gasteiger partial charge on any atom is -0.507 e. The van der Waals surface area contributed by atoms with Crippen molar-refractivity contribution in [2.75, 3.05) is 74.5 Å². The van der Waals surface area contributed by atoms with E-state index in [-0.39, 0.29) is 55.6 Å². The summed E-state index contributed by atoms with van der Waals surface area (Å²) >= 11 is 0. The number of benzene rings is 2. The van der Waals surface area contributed by atoms with Crippen molar-refractivity contribution >= 4 is 46.1 Å². The van der Waals surface area contributed by atoms with Crippen LogP contribution in [0.2, 0.25) is 0 Å². The van der Waals surface area contributed by atoms with E-state index in [1.165, 1.54) is 10.5 Å². The summed E-state index contributed by atoms with van der Waals surface area (Å²) in [7, 11) is 0. The second-order valence-electron chi connectivity index (χ2n) is 17.5. The third-order valence-electron chi connectivity index (χ3n) is 13.4. The van der Waals surface area contributed by atoms with Crippen LogP contribution < -0.4 is 20.9 Å². The van der Waals surface area contributed by atoms with Gasteiger partial charge in [0, 0.05) is 86.9 Å². The Morgan fingerprint density at radius 1 is 0.952 bits per heavy atom. The number of nitrogens with one attached hydrogen (secondary N) is 1. The number of nitrogen functional groups attached to an aromatic ring is 1. The molecule has 0 unspecified atom stereocenters. The fourth-order valence-electron chi connectivity index (χ4n) is 9.74. The zero-order chi connectivity index (χ0) is 43.4. The number of pyridine rings is 1. The van der Waals surface area contributed by atoms with Gasteiger partial charge in [0.25, 0.3) is 11.8 Å². The number of phenols is 1. The third-order valence-corrected chi connectivity index (χ3v) is 13.4. The van der Waals surface area contributed by atoms with Crippen molar-refractivity contribution in [1.82, 2.24) is 34.9 Å². The van der Waals surface area contributed by atoms with Crippen LogP contribution in [0.3, 0.4) is 0 Å². The van der Waals surface area contributed by atoms with Gasteiger partial charge >= 0.3 is 6.03 Å². The summed E-state index contributed by atoms with van der Waals surface area (Å²) in [6, 6.07) is 17.4. The topological polar surface area (TPSA) is 175 Å². The lowest BCUT2D eigenvalue weighted by Crippen LogP contribution is -2.54. The van der Waals surface area contributed by atoms with Gasteiger partial charge in [0.15, 0.2) is 5.82 Å². The normalized spacial score (nSPS) is 22.4. The van der Waals surface area contributed by atoms with Crippen LogP contribution in [0.4, 0.5) is 30.8 Å². The van der Waals surface area contributed by atoms with Gasteiger partial charge in [-0.25, -0.2) is 18.6 Å². The number of nitrogens with zero attached hydrogens (tertiary/aromatic N) is 8. The first-order valence-electron chi connectivity index (χ1n) is 21.9. The fraction of sp³-hybridized carbons (Fsp3) is 0.435. The number of likely N-dealkylation sites (tertiary alicyclic amines) is 2. The molecule has 7 heterocycles. The fourth-order valence-corrected chi connectivity index (χ4v) is 9.74. The largest absolute Gasteiger partial charge is 0.507 e. The van der Waals surface area contributed by atoms with Crippen LogP contribution >= 0.6 is 0 Å². The Balaban J connectivity index is 0.740. The Kier molecular flexibility index (Phi) is 10.7. The first kappa shape index (κ1) is 40.8. The number of aromatic nitrogens is 4. The Bertz CT molecular complexity index is 2560. The Morgan fingerprint density at radius 3 is 2.49 bits per heavy atom. The summed E-state index contributed by atoms with van der Waals surface area (Å²) in [6.45, 7) is 3.01. The van der Waals surface area contributed by atoms with Crippen LogP contribution in [0.1, 0.15) is 78.1 Å². The number of ether oxygens (including phenoxy) is 1. The number of alkyl halides is 2. The molecule has 0 radical (unpaired) electrons. The molecule has 3 aromatic heterocycles.